The standard InChI is InChI=1S/C24H23N3O2S2/c1-15-10-16(2)27-24(26-15)30-14-19-12-22(31-23(19)18-6-5-9-25-13-18)17-7-8-20(28-3)21(11-17)29-4/h5-13H,14H2,1-4H3. The first kappa shape index (κ1) is 21.3. The molecule has 7 heteroatoms. The van der Waals surface area contributed by atoms with E-state index in [0.717, 1.165) is 49.8 Å². The Morgan fingerprint density at radius 1 is 0.903 bits per heavy atom. The Bertz CT molecular complexity index is 1170. The summed E-state index contributed by atoms with van der Waals surface area (Å²) < 4.78 is 10.9. The Kier molecular flexibility index (Phi) is 6.53. The molecule has 0 aliphatic carbocycles. The summed E-state index contributed by atoms with van der Waals surface area (Å²) in [5.41, 5.74) is 5.40. The summed E-state index contributed by atoms with van der Waals surface area (Å²) in [5.74, 6) is 2.21. The van der Waals surface area contributed by atoms with Crippen LogP contribution in [0.5, 0.6) is 11.5 Å². The second-order valence-electron chi connectivity index (χ2n) is 7.00. The highest BCUT2D eigenvalue weighted by molar-refractivity contribution is 7.98. The number of nitrogens with zero attached hydrogens (tertiary/aromatic N) is 3. The minimum absolute atomic E-state index is 0.718. The fourth-order valence-corrected chi connectivity index (χ4v) is 5.50. The molecule has 0 unspecified atom stereocenters. The van der Waals surface area contributed by atoms with Crippen molar-refractivity contribution in [3.63, 3.8) is 0 Å². The lowest BCUT2D eigenvalue weighted by Gasteiger charge is -2.08. The molecule has 3 aromatic heterocycles. The number of aryl methyl sites for hydroxylation is 2. The number of aromatic nitrogens is 3. The van der Waals surface area contributed by atoms with Gasteiger partial charge in [-0.05, 0) is 61.4 Å². The van der Waals surface area contributed by atoms with Crippen molar-refractivity contribution < 1.29 is 9.47 Å². The third-order valence-corrected chi connectivity index (χ3v) is 6.89. The highest BCUT2D eigenvalue weighted by atomic mass is 32.2. The molecule has 158 valence electrons. The van der Waals surface area contributed by atoms with Crippen LogP contribution in [-0.2, 0) is 5.75 Å². The maximum Gasteiger partial charge on any atom is 0.188 e. The number of ether oxygens (including phenoxy) is 2. The zero-order valence-corrected chi connectivity index (χ0v) is 19.5. The number of benzene rings is 1. The molecule has 4 rings (SSSR count). The highest BCUT2D eigenvalue weighted by Gasteiger charge is 2.15. The zero-order valence-electron chi connectivity index (χ0n) is 17.9. The van der Waals surface area contributed by atoms with Gasteiger partial charge < -0.3 is 9.47 Å². The van der Waals surface area contributed by atoms with Crippen molar-refractivity contribution in [1.82, 2.24) is 15.0 Å². The molecular formula is C24H23N3O2S2. The van der Waals surface area contributed by atoms with Crippen molar-refractivity contribution in [1.29, 1.82) is 0 Å². The van der Waals surface area contributed by atoms with Crippen LogP contribution >= 0.6 is 23.1 Å². The lowest BCUT2D eigenvalue weighted by atomic mass is 10.1. The van der Waals surface area contributed by atoms with Crippen molar-refractivity contribution in [2.75, 3.05) is 14.2 Å². The van der Waals surface area contributed by atoms with E-state index in [1.807, 2.05) is 44.3 Å². The van der Waals surface area contributed by atoms with Gasteiger partial charge in [-0.2, -0.15) is 0 Å². The summed E-state index contributed by atoms with van der Waals surface area (Å²) in [6.07, 6.45) is 3.70. The second kappa shape index (κ2) is 9.49. The van der Waals surface area contributed by atoms with E-state index in [2.05, 4.69) is 33.2 Å². The molecule has 0 saturated heterocycles. The third-order valence-electron chi connectivity index (χ3n) is 4.72. The lowest BCUT2D eigenvalue weighted by molar-refractivity contribution is 0.355. The molecule has 0 bridgehead atoms. The normalized spacial score (nSPS) is 10.8. The zero-order chi connectivity index (χ0) is 21.8. The van der Waals surface area contributed by atoms with Crippen LogP contribution in [0.2, 0.25) is 0 Å². The van der Waals surface area contributed by atoms with Gasteiger partial charge in [-0.3, -0.25) is 4.98 Å². The average molecular weight is 450 g/mol. The summed E-state index contributed by atoms with van der Waals surface area (Å²) in [4.78, 5) is 15.8. The SMILES string of the molecule is COc1ccc(-c2cc(CSc3nc(C)cc(C)n3)c(-c3cccnc3)s2)cc1OC. The molecule has 5 nitrogen and oxygen atoms in total. The van der Waals surface area contributed by atoms with Crippen LogP contribution in [-0.4, -0.2) is 29.2 Å². The molecule has 31 heavy (non-hydrogen) atoms. The molecule has 0 aliphatic rings. The van der Waals surface area contributed by atoms with Crippen LogP contribution in [0.4, 0.5) is 0 Å². The van der Waals surface area contributed by atoms with Crippen LogP contribution in [0.3, 0.4) is 0 Å². The Hall–Kier alpha value is -2.90. The Balaban J connectivity index is 1.71. The van der Waals surface area contributed by atoms with Gasteiger partial charge in [0, 0.05) is 44.9 Å². The quantitative estimate of drug-likeness (QED) is 0.248. The van der Waals surface area contributed by atoms with Gasteiger partial charge in [-0.15, -0.1) is 11.3 Å². The van der Waals surface area contributed by atoms with Crippen LogP contribution < -0.4 is 9.47 Å². The maximum absolute atomic E-state index is 5.50. The van der Waals surface area contributed by atoms with Crippen molar-refractivity contribution in [2.45, 2.75) is 24.8 Å². The van der Waals surface area contributed by atoms with Crippen molar-refractivity contribution >= 4 is 23.1 Å². The molecular weight excluding hydrogens is 426 g/mol. The maximum atomic E-state index is 5.50. The van der Waals surface area contributed by atoms with Gasteiger partial charge in [0.15, 0.2) is 16.7 Å². The second-order valence-corrected chi connectivity index (χ2v) is 8.99. The van der Waals surface area contributed by atoms with Crippen molar-refractivity contribution in [3.05, 3.63) is 71.8 Å². The summed E-state index contributed by atoms with van der Waals surface area (Å²) >= 11 is 3.40. The minimum Gasteiger partial charge on any atom is -0.493 e. The van der Waals surface area contributed by atoms with Gasteiger partial charge in [-0.25, -0.2) is 9.97 Å². The van der Waals surface area contributed by atoms with E-state index in [-0.39, 0.29) is 0 Å². The summed E-state index contributed by atoms with van der Waals surface area (Å²) in [7, 11) is 3.30. The number of thiophene rings is 1. The predicted molar refractivity (Wildman–Crippen MR) is 127 cm³/mol. The van der Waals surface area contributed by atoms with E-state index >= 15 is 0 Å². The van der Waals surface area contributed by atoms with Crippen molar-refractivity contribution in [3.8, 4) is 32.4 Å². The number of hydrogen-bond acceptors (Lipinski definition) is 7. The van der Waals surface area contributed by atoms with E-state index in [4.69, 9.17) is 9.47 Å². The van der Waals surface area contributed by atoms with Crippen LogP contribution in [0.1, 0.15) is 17.0 Å². The van der Waals surface area contributed by atoms with E-state index in [1.54, 1.807) is 43.5 Å². The first-order chi connectivity index (χ1) is 15.1. The molecule has 0 atom stereocenters. The van der Waals surface area contributed by atoms with Gasteiger partial charge in [0.1, 0.15) is 0 Å². The molecule has 0 spiro atoms. The van der Waals surface area contributed by atoms with Crippen molar-refractivity contribution in [2.24, 2.45) is 0 Å². The minimum atomic E-state index is 0.718. The van der Waals surface area contributed by atoms with Gasteiger partial charge in [0.2, 0.25) is 0 Å². The summed E-state index contributed by atoms with van der Waals surface area (Å²) in [6, 6.07) is 14.3. The van der Waals surface area contributed by atoms with E-state index in [1.165, 1.54) is 10.4 Å². The number of pyridine rings is 1. The van der Waals surface area contributed by atoms with Gasteiger partial charge in [0.25, 0.3) is 0 Å². The molecule has 3 heterocycles. The molecule has 0 radical (unpaired) electrons. The van der Waals surface area contributed by atoms with Gasteiger partial charge in [0.05, 0.1) is 14.2 Å². The molecule has 0 N–H and O–H groups in total. The third kappa shape index (κ3) is 4.89. The topological polar surface area (TPSA) is 57.1 Å². The molecule has 0 amide bonds. The highest BCUT2D eigenvalue weighted by Crippen LogP contribution is 2.42. The molecule has 0 aliphatic heterocycles. The summed E-state index contributed by atoms with van der Waals surface area (Å²) in [6.45, 7) is 4.00. The number of methoxy groups -OCH3 is 2. The van der Waals surface area contributed by atoms with Crippen LogP contribution in [0.25, 0.3) is 20.9 Å². The molecule has 0 saturated carbocycles. The first-order valence-electron chi connectivity index (χ1n) is 9.78. The molecule has 4 aromatic rings. The molecule has 0 fully saturated rings. The number of hydrogen-bond donors (Lipinski definition) is 0. The smallest absolute Gasteiger partial charge is 0.188 e. The van der Waals surface area contributed by atoms with E-state index in [9.17, 15) is 0 Å². The van der Waals surface area contributed by atoms with Gasteiger partial charge in [-0.1, -0.05) is 17.8 Å². The lowest BCUT2D eigenvalue weighted by Crippen LogP contribution is -1.93. The monoisotopic (exact) mass is 449 g/mol. The van der Waals surface area contributed by atoms with Crippen LogP contribution in [0.15, 0.2) is 60.0 Å². The fraction of sp³-hybridized carbons (Fsp3) is 0.208. The van der Waals surface area contributed by atoms with Gasteiger partial charge >= 0.3 is 0 Å². The Morgan fingerprint density at radius 2 is 1.68 bits per heavy atom. The number of rotatable bonds is 7. The molecule has 1 aromatic carbocycles. The van der Waals surface area contributed by atoms with E-state index < -0.39 is 0 Å². The summed E-state index contributed by atoms with van der Waals surface area (Å²) in [5, 5.41) is 0.800. The fourth-order valence-electron chi connectivity index (χ4n) is 3.31. The first-order valence-corrected chi connectivity index (χ1v) is 11.6. The average Bonchev–Trinajstić information content (AvgIpc) is 3.21. The largest absolute Gasteiger partial charge is 0.493 e. The Labute approximate surface area is 190 Å². The predicted octanol–water partition coefficient (Wildman–Crippen LogP) is 6.19. The Morgan fingerprint density at radius 3 is 2.35 bits per heavy atom. The van der Waals surface area contributed by atoms with Crippen LogP contribution in [0, 0.1) is 13.8 Å². The van der Waals surface area contributed by atoms with E-state index in [0.29, 0.717) is 0 Å². The number of thioether (sulfide) groups is 1.